The molecule has 0 spiro atoms. The van der Waals surface area contributed by atoms with Crippen molar-refractivity contribution in [3.63, 3.8) is 0 Å². The van der Waals surface area contributed by atoms with Crippen molar-refractivity contribution in [1.29, 1.82) is 0 Å². The van der Waals surface area contributed by atoms with E-state index in [-0.39, 0.29) is 5.91 Å². The molecule has 1 amide bonds. The molecule has 1 fully saturated rings. The molecular formula is C22H29N3O3S. The number of nitrogens with zero attached hydrogens (tertiary/aromatic N) is 2. The highest BCUT2D eigenvalue weighted by molar-refractivity contribution is 7.92. The Morgan fingerprint density at radius 3 is 2.21 bits per heavy atom. The Balaban J connectivity index is 1.76. The average molecular weight is 416 g/mol. The largest absolute Gasteiger partial charge is 0.372 e. The summed E-state index contributed by atoms with van der Waals surface area (Å²) in [6.45, 7) is 3.93. The average Bonchev–Trinajstić information content (AvgIpc) is 2.72. The lowest BCUT2D eigenvalue weighted by molar-refractivity contribution is -0.117. The third kappa shape index (κ3) is 5.29. The summed E-state index contributed by atoms with van der Waals surface area (Å²) in [5, 5.41) is 2.88. The van der Waals surface area contributed by atoms with Crippen molar-refractivity contribution in [2.45, 2.75) is 38.6 Å². The maximum atomic E-state index is 13.0. The molecular weight excluding hydrogens is 386 g/mol. The number of hydrogen-bond acceptors (Lipinski definition) is 4. The van der Waals surface area contributed by atoms with Crippen LogP contribution in [0.1, 0.15) is 32.6 Å². The molecule has 7 heteroatoms. The number of carbonyl (C=O) groups is 1. The molecule has 1 saturated heterocycles. The van der Waals surface area contributed by atoms with Crippen molar-refractivity contribution in [3.8, 4) is 0 Å². The van der Waals surface area contributed by atoms with Gasteiger partial charge in [-0.25, -0.2) is 8.42 Å². The number of nitrogens with one attached hydrogen (secondary N) is 1. The summed E-state index contributed by atoms with van der Waals surface area (Å²) in [5.74, 6) is -0.340. The van der Waals surface area contributed by atoms with E-state index in [2.05, 4.69) is 10.2 Å². The fourth-order valence-electron chi connectivity index (χ4n) is 3.77. The molecule has 0 aromatic heterocycles. The van der Waals surface area contributed by atoms with Crippen molar-refractivity contribution in [2.24, 2.45) is 0 Å². The number of piperidine rings is 1. The molecule has 2 aromatic carbocycles. The van der Waals surface area contributed by atoms with Gasteiger partial charge in [0.2, 0.25) is 15.9 Å². The lowest BCUT2D eigenvalue weighted by atomic mass is 10.1. The predicted octanol–water partition coefficient (Wildman–Crippen LogP) is 3.86. The van der Waals surface area contributed by atoms with Gasteiger partial charge in [0.25, 0.3) is 0 Å². The molecule has 1 aliphatic heterocycles. The van der Waals surface area contributed by atoms with Gasteiger partial charge >= 0.3 is 0 Å². The van der Waals surface area contributed by atoms with Gasteiger partial charge in [-0.15, -0.1) is 0 Å². The first-order valence-corrected chi connectivity index (χ1v) is 12.0. The number of carbonyl (C=O) groups excluding carboxylic acids is 1. The molecule has 0 radical (unpaired) electrons. The van der Waals surface area contributed by atoms with Gasteiger partial charge in [-0.2, -0.15) is 0 Å². The van der Waals surface area contributed by atoms with Crippen LogP contribution in [0.4, 0.5) is 17.1 Å². The van der Waals surface area contributed by atoms with E-state index in [0.717, 1.165) is 25.0 Å². The quantitative estimate of drug-likeness (QED) is 0.745. The van der Waals surface area contributed by atoms with Crippen LogP contribution in [-0.4, -0.2) is 39.7 Å². The Kier molecular flexibility index (Phi) is 6.79. The maximum absolute atomic E-state index is 13.0. The molecule has 156 valence electrons. The van der Waals surface area contributed by atoms with E-state index in [0.29, 0.717) is 17.8 Å². The minimum atomic E-state index is -3.62. The van der Waals surface area contributed by atoms with Crippen LogP contribution in [-0.2, 0) is 14.8 Å². The molecule has 1 aliphatic rings. The van der Waals surface area contributed by atoms with E-state index < -0.39 is 16.1 Å². The Hall–Kier alpha value is -2.54. The predicted molar refractivity (Wildman–Crippen MR) is 119 cm³/mol. The van der Waals surface area contributed by atoms with Crippen LogP contribution in [0.2, 0.25) is 0 Å². The van der Waals surface area contributed by atoms with Gasteiger partial charge in [-0.1, -0.05) is 25.1 Å². The van der Waals surface area contributed by atoms with Gasteiger partial charge in [0.05, 0.1) is 11.9 Å². The Morgan fingerprint density at radius 1 is 1.03 bits per heavy atom. The van der Waals surface area contributed by atoms with E-state index >= 15 is 0 Å². The number of para-hydroxylation sites is 1. The lowest BCUT2D eigenvalue weighted by Gasteiger charge is -2.30. The monoisotopic (exact) mass is 415 g/mol. The van der Waals surface area contributed by atoms with Crippen molar-refractivity contribution in [3.05, 3.63) is 54.6 Å². The minimum absolute atomic E-state index is 0.340. The second kappa shape index (κ2) is 9.31. The number of rotatable bonds is 7. The Bertz CT molecular complexity index is 908. The third-order valence-electron chi connectivity index (χ3n) is 5.20. The summed E-state index contributed by atoms with van der Waals surface area (Å²) in [7, 11) is -3.62. The van der Waals surface area contributed by atoms with E-state index in [9.17, 15) is 13.2 Å². The van der Waals surface area contributed by atoms with Gasteiger partial charge < -0.3 is 10.2 Å². The van der Waals surface area contributed by atoms with Crippen molar-refractivity contribution in [2.75, 3.05) is 33.9 Å². The van der Waals surface area contributed by atoms with Gasteiger partial charge in [-0.05, 0) is 62.1 Å². The van der Waals surface area contributed by atoms with Crippen LogP contribution in [0.15, 0.2) is 54.6 Å². The third-order valence-corrected chi connectivity index (χ3v) is 6.38. The summed E-state index contributed by atoms with van der Waals surface area (Å²) in [5.41, 5.74) is 2.30. The number of hydrogen-bond donors (Lipinski definition) is 1. The molecule has 1 heterocycles. The summed E-state index contributed by atoms with van der Waals surface area (Å²) < 4.78 is 26.1. The van der Waals surface area contributed by atoms with Crippen molar-refractivity contribution < 1.29 is 13.2 Å². The fourth-order valence-corrected chi connectivity index (χ4v) is 4.98. The summed E-state index contributed by atoms with van der Waals surface area (Å²) in [4.78, 5) is 15.3. The first kappa shape index (κ1) is 21.2. The van der Waals surface area contributed by atoms with Gasteiger partial charge in [0.1, 0.15) is 6.04 Å². The summed E-state index contributed by atoms with van der Waals surface area (Å²) in [6.07, 6.45) is 5.18. The van der Waals surface area contributed by atoms with E-state index in [1.807, 2.05) is 37.3 Å². The first-order valence-electron chi connectivity index (χ1n) is 10.1. The Morgan fingerprint density at radius 2 is 1.66 bits per heavy atom. The smallest absolute Gasteiger partial charge is 0.248 e. The molecule has 0 aliphatic carbocycles. The van der Waals surface area contributed by atoms with E-state index in [1.54, 1.807) is 24.3 Å². The van der Waals surface area contributed by atoms with Crippen LogP contribution in [0.5, 0.6) is 0 Å². The lowest BCUT2D eigenvalue weighted by Crippen LogP contribution is -2.46. The summed E-state index contributed by atoms with van der Waals surface area (Å²) in [6, 6.07) is 15.7. The number of benzene rings is 2. The Labute approximate surface area is 173 Å². The highest BCUT2D eigenvalue weighted by atomic mass is 32.2. The number of anilines is 3. The highest BCUT2D eigenvalue weighted by Gasteiger charge is 2.31. The second-order valence-corrected chi connectivity index (χ2v) is 9.26. The molecule has 0 bridgehead atoms. The molecule has 0 saturated carbocycles. The van der Waals surface area contributed by atoms with Crippen LogP contribution in [0.3, 0.4) is 0 Å². The molecule has 2 aromatic rings. The SMILES string of the molecule is CC[C@H](C(=O)Nc1ccc(N2CCCCC2)cc1)N(c1ccccc1)S(C)(=O)=O. The zero-order valence-corrected chi connectivity index (χ0v) is 17.9. The normalized spacial score (nSPS) is 15.6. The van der Waals surface area contributed by atoms with Crippen LogP contribution in [0.25, 0.3) is 0 Å². The van der Waals surface area contributed by atoms with E-state index in [1.165, 1.54) is 23.6 Å². The maximum Gasteiger partial charge on any atom is 0.248 e. The molecule has 1 atom stereocenters. The zero-order valence-electron chi connectivity index (χ0n) is 17.0. The number of sulfonamides is 1. The second-order valence-electron chi connectivity index (χ2n) is 7.40. The zero-order chi connectivity index (χ0) is 20.9. The van der Waals surface area contributed by atoms with E-state index in [4.69, 9.17) is 0 Å². The molecule has 3 rings (SSSR count). The fraction of sp³-hybridized carbons (Fsp3) is 0.409. The van der Waals surface area contributed by atoms with Crippen molar-refractivity contribution >= 4 is 33.0 Å². The van der Waals surface area contributed by atoms with Crippen molar-refractivity contribution in [1.82, 2.24) is 0 Å². The minimum Gasteiger partial charge on any atom is -0.372 e. The van der Waals surface area contributed by atoms with Gasteiger partial charge in [0, 0.05) is 24.5 Å². The highest BCUT2D eigenvalue weighted by Crippen LogP contribution is 2.25. The van der Waals surface area contributed by atoms with Crippen LogP contribution in [0, 0.1) is 0 Å². The standard InChI is InChI=1S/C22H29N3O3S/c1-3-21(25(29(2,27)28)20-10-6-4-7-11-20)22(26)23-18-12-14-19(15-13-18)24-16-8-5-9-17-24/h4,6-7,10-15,21H,3,5,8-9,16-17H2,1-2H3,(H,23,26)/t21-/m1/s1. The first-order chi connectivity index (χ1) is 13.9. The van der Waals surface area contributed by atoms with Gasteiger partial charge in [0.15, 0.2) is 0 Å². The van der Waals surface area contributed by atoms with Crippen LogP contribution < -0.4 is 14.5 Å². The van der Waals surface area contributed by atoms with Crippen LogP contribution >= 0.6 is 0 Å². The summed E-state index contributed by atoms with van der Waals surface area (Å²) >= 11 is 0. The molecule has 6 nitrogen and oxygen atoms in total. The number of amides is 1. The molecule has 1 N–H and O–H groups in total. The van der Waals surface area contributed by atoms with Gasteiger partial charge in [-0.3, -0.25) is 9.10 Å². The molecule has 0 unspecified atom stereocenters. The topological polar surface area (TPSA) is 69.7 Å². The molecule has 29 heavy (non-hydrogen) atoms.